The van der Waals surface area contributed by atoms with E-state index in [4.69, 9.17) is 8.83 Å². The maximum Gasteiger partial charge on any atom is 0.137 e. The van der Waals surface area contributed by atoms with Gasteiger partial charge in [0.25, 0.3) is 0 Å². The van der Waals surface area contributed by atoms with Crippen LogP contribution in [-0.4, -0.2) is 0 Å². The van der Waals surface area contributed by atoms with Crippen LogP contribution in [0.5, 0.6) is 0 Å². The first kappa shape index (κ1) is 77.0. The van der Waals surface area contributed by atoms with Crippen LogP contribution in [0.2, 0.25) is 0 Å². The van der Waals surface area contributed by atoms with Gasteiger partial charge >= 0.3 is 0 Å². The number of hydrogen-bond donors (Lipinski definition) is 0. The lowest BCUT2D eigenvalue weighted by atomic mass is 9.74. The Balaban J connectivity index is 0.649. The second-order valence-electron chi connectivity index (χ2n) is 37.7. The van der Waals surface area contributed by atoms with Crippen molar-refractivity contribution in [2.24, 2.45) is 0 Å². The molecule has 4 nitrogen and oxygen atoms in total. The molecule has 21 aromatic rings. The van der Waals surface area contributed by atoms with Crippen LogP contribution in [0, 0.1) is 0 Å². The van der Waals surface area contributed by atoms with Crippen molar-refractivity contribution < 1.29 is 8.83 Å². The summed E-state index contributed by atoms with van der Waals surface area (Å²) >= 11 is 0. The smallest absolute Gasteiger partial charge is 0.137 e. The van der Waals surface area contributed by atoms with Gasteiger partial charge < -0.3 is 18.6 Å². The SMILES string of the molecule is CC(C)(C)c1cc(-c2cccc3cccc(-c4ccccc4N(c4cccc(-c5cccc6c5ccc5c(CC(C)(C)c7cc(-c8cccc9cccc(-c%10ccccc%10N(c%10ccc(-c%11ccc%12ccccc%12c%11)cc%10)c%10ccc%11c(c%10)oc%10ccccc%10%11)c89)cc(C(C)(C)C)c7)cccc56)c4)c4ccc5c(c4)oc4ccccc45)c23)cc(C(C)(C)C)c1. The molecule has 0 aliphatic carbocycles. The second kappa shape index (κ2) is 30.1. The molecule has 0 atom stereocenters. The van der Waals surface area contributed by atoms with E-state index in [0.717, 1.165) is 112 Å². The van der Waals surface area contributed by atoms with Crippen molar-refractivity contribution in [2.45, 2.75) is 104 Å². The Kier molecular flexibility index (Phi) is 18.7. The van der Waals surface area contributed by atoms with E-state index in [1.165, 1.54) is 121 Å². The molecule has 4 heteroatoms. The molecular weight excluding hydrogens is 1500 g/mol. The fraction of sp³-hybridized carbons (Fsp3) is 0.133. The van der Waals surface area contributed by atoms with E-state index in [9.17, 15) is 0 Å². The van der Waals surface area contributed by atoms with Gasteiger partial charge in [-0.3, -0.25) is 0 Å². The minimum absolute atomic E-state index is 0.0506. The molecule has 2 aromatic heterocycles. The molecule has 0 saturated heterocycles. The van der Waals surface area contributed by atoms with Gasteiger partial charge in [-0.2, -0.15) is 0 Å². The lowest BCUT2D eigenvalue weighted by molar-refractivity contribution is 0.519. The molecule has 0 fully saturated rings. The summed E-state index contributed by atoms with van der Waals surface area (Å²) in [5.74, 6) is 0. The van der Waals surface area contributed by atoms with Gasteiger partial charge in [-0.25, -0.2) is 0 Å². The van der Waals surface area contributed by atoms with Crippen molar-refractivity contribution in [2.75, 3.05) is 9.80 Å². The predicted octanol–water partition coefficient (Wildman–Crippen LogP) is 34.6. The van der Waals surface area contributed by atoms with Gasteiger partial charge in [0, 0.05) is 67.6 Å². The first-order chi connectivity index (χ1) is 60.1. The van der Waals surface area contributed by atoms with Gasteiger partial charge in [0.15, 0.2) is 0 Å². The van der Waals surface area contributed by atoms with Crippen molar-refractivity contribution in [3.63, 3.8) is 0 Å². The molecular formula is C120H98N2O2. The molecule has 0 saturated carbocycles. The highest BCUT2D eigenvalue weighted by molar-refractivity contribution is 6.15. The Morgan fingerprint density at radius 3 is 1.16 bits per heavy atom. The molecule has 19 aromatic carbocycles. The largest absolute Gasteiger partial charge is 0.456 e. The summed E-state index contributed by atoms with van der Waals surface area (Å²) in [6.07, 6.45) is 0.817. The number of para-hydroxylation sites is 4. The molecule has 0 spiro atoms. The molecule has 0 unspecified atom stereocenters. The topological polar surface area (TPSA) is 32.8 Å². The maximum absolute atomic E-state index is 6.75. The van der Waals surface area contributed by atoms with Crippen LogP contribution in [0.1, 0.15) is 104 Å². The first-order valence-corrected chi connectivity index (χ1v) is 43.7. The van der Waals surface area contributed by atoms with Gasteiger partial charge in [0.1, 0.15) is 22.3 Å². The lowest BCUT2D eigenvalue weighted by Crippen LogP contribution is -2.22. The fourth-order valence-electron chi connectivity index (χ4n) is 19.4. The van der Waals surface area contributed by atoms with E-state index < -0.39 is 0 Å². The third kappa shape index (κ3) is 13.8. The van der Waals surface area contributed by atoms with E-state index >= 15 is 0 Å². The van der Waals surface area contributed by atoms with Crippen molar-refractivity contribution >= 4 is 132 Å². The van der Waals surface area contributed by atoms with E-state index in [-0.39, 0.29) is 21.7 Å². The van der Waals surface area contributed by atoms with Gasteiger partial charge in [-0.05, 0) is 244 Å². The number of benzene rings is 19. The minimum atomic E-state index is -0.309. The molecule has 21 rings (SSSR count). The standard InChI is InChI=1S/C120H98N2O2/c1-117(2,3)86-66-84(67-87(71-86)118(4,5)6)96-43-23-31-78-33-26-48-108(115(78)96)102-39-15-19-50-110(102)122(93-60-62-106-104-41-17-21-52-112(104)124-114(106)74-93)91-37-22-35-82(70-91)94-42-28-46-99-98-45-27-36-83(95(98)63-64-100(94)99)75-120(10,11)89-69-85(68-88(72-89)119(7,8)9)97-44-24-32-79-34-25-47-107(116(79)97)101-38-14-18-49-109(101)121(92-59-61-105-103-40-16-20-51-111(103)123-113(105)73-92)90-57-55-77(56-58-90)81-54-53-76-29-12-13-30-80(76)65-81/h12-74H,75H2,1-11H3. The maximum atomic E-state index is 6.75. The highest BCUT2D eigenvalue weighted by atomic mass is 16.3. The molecule has 0 aliphatic heterocycles. The Morgan fingerprint density at radius 2 is 0.597 bits per heavy atom. The zero-order valence-corrected chi connectivity index (χ0v) is 72.3. The highest BCUT2D eigenvalue weighted by Gasteiger charge is 2.31. The van der Waals surface area contributed by atoms with Crippen LogP contribution < -0.4 is 9.80 Å². The second-order valence-corrected chi connectivity index (χ2v) is 37.7. The van der Waals surface area contributed by atoms with Crippen LogP contribution >= 0.6 is 0 Å². The van der Waals surface area contributed by atoms with Crippen LogP contribution in [0.3, 0.4) is 0 Å². The third-order valence-corrected chi connectivity index (χ3v) is 26.1. The van der Waals surface area contributed by atoms with Crippen molar-refractivity contribution in [3.8, 4) is 66.8 Å². The quantitative estimate of drug-likeness (QED) is 0.0958. The van der Waals surface area contributed by atoms with Crippen LogP contribution in [-0.2, 0) is 28.1 Å². The van der Waals surface area contributed by atoms with E-state index in [2.05, 4.69) is 462 Å². The molecule has 0 N–H and O–H groups in total. The summed E-state index contributed by atoms with van der Waals surface area (Å²) < 4.78 is 13.4. The summed E-state index contributed by atoms with van der Waals surface area (Å²) in [6.45, 7) is 25.9. The lowest BCUT2D eigenvalue weighted by Gasteiger charge is -2.30. The van der Waals surface area contributed by atoms with E-state index in [1.807, 2.05) is 6.07 Å². The fourth-order valence-corrected chi connectivity index (χ4v) is 19.4. The van der Waals surface area contributed by atoms with Crippen LogP contribution in [0.4, 0.5) is 34.1 Å². The van der Waals surface area contributed by atoms with E-state index in [1.54, 1.807) is 0 Å². The average molecular weight is 1600 g/mol. The van der Waals surface area contributed by atoms with Crippen LogP contribution in [0.15, 0.2) is 391 Å². The summed E-state index contributed by atoms with van der Waals surface area (Å²) in [4.78, 5) is 4.87. The summed E-state index contributed by atoms with van der Waals surface area (Å²) in [5.41, 5.74) is 29.7. The molecule has 2 heterocycles. The van der Waals surface area contributed by atoms with Gasteiger partial charge in [-0.15, -0.1) is 0 Å². The van der Waals surface area contributed by atoms with Crippen molar-refractivity contribution in [1.29, 1.82) is 0 Å². The third-order valence-electron chi connectivity index (χ3n) is 26.1. The molecule has 0 bridgehead atoms. The van der Waals surface area contributed by atoms with Crippen molar-refractivity contribution in [3.05, 3.63) is 410 Å². The summed E-state index contributed by atoms with van der Waals surface area (Å²) in [5, 5.41) is 16.6. The van der Waals surface area contributed by atoms with Crippen LogP contribution in [0.25, 0.3) is 165 Å². The Bertz CT molecular complexity index is 7780. The molecule has 0 amide bonds. The predicted molar refractivity (Wildman–Crippen MR) is 530 cm³/mol. The van der Waals surface area contributed by atoms with Gasteiger partial charge in [0.05, 0.1) is 11.4 Å². The normalized spacial score (nSPS) is 12.3. The number of hydrogen-bond acceptors (Lipinski definition) is 4. The van der Waals surface area contributed by atoms with Gasteiger partial charge in [0.2, 0.25) is 0 Å². The highest BCUT2D eigenvalue weighted by Crippen LogP contribution is 2.52. The monoisotopic (exact) mass is 1600 g/mol. The zero-order valence-electron chi connectivity index (χ0n) is 72.3. The Hall–Kier alpha value is -14.3. The minimum Gasteiger partial charge on any atom is -0.456 e. The molecule has 0 aliphatic rings. The zero-order chi connectivity index (χ0) is 84.5. The average Bonchev–Trinajstić information content (AvgIpc) is 0.935. The van der Waals surface area contributed by atoms with Crippen molar-refractivity contribution in [1.82, 2.24) is 0 Å². The first-order valence-electron chi connectivity index (χ1n) is 43.7. The summed E-state index contributed by atoms with van der Waals surface area (Å²) in [7, 11) is 0. The molecule has 124 heavy (non-hydrogen) atoms. The molecule has 600 valence electrons. The van der Waals surface area contributed by atoms with E-state index in [0.29, 0.717) is 0 Å². The Labute approximate surface area is 726 Å². The summed E-state index contributed by atoms with van der Waals surface area (Å²) in [6, 6.07) is 142. The number of nitrogens with zero attached hydrogens (tertiary/aromatic N) is 2. The number of rotatable bonds is 15. The Morgan fingerprint density at radius 1 is 0.210 bits per heavy atom. The van der Waals surface area contributed by atoms with Gasteiger partial charge in [-0.1, -0.05) is 367 Å². The number of fused-ring (bicyclic) bond motifs is 12. The number of furan rings is 2. The molecule has 0 radical (unpaired) electrons. The number of anilines is 6.